The van der Waals surface area contributed by atoms with Crippen LogP contribution in [0, 0.1) is 11.8 Å². The van der Waals surface area contributed by atoms with Crippen molar-refractivity contribution in [1.82, 2.24) is 4.90 Å². The largest absolute Gasteiger partial charge is 0.330 e. The van der Waals surface area contributed by atoms with Crippen molar-refractivity contribution in [2.45, 2.75) is 57.9 Å². The molecule has 0 radical (unpaired) electrons. The van der Waals surface area contributed by atoms with E-state index in [1.54, 1.807) is 0 Å². The van der Waals surface area contributed by atoms with Gasteiger partial charge in [0.2, 0.25) is 0 Å². The predicted octanol–water partition coefficient (Wildman–Crippen LogP) is 2.63. The number of hydrogen-bond donors (Lipinski definition) is 1. The van der Waals surface area contributed by atoms with E-state index >= 15 is 0 Å². The van der Waals surface area contributed by atoms with Crippen LogP contribution in [-0.4, -0.2) is 30.6 Å². The van der Waals surface area contributed by atoms with Crippen molar-refractivity contribution in [2.24, 2.45) is 17.6 Å². The summed E-state index contributed by atoms with van der Waals surface area (Å²) in [4.78, 5) is 2.77. The molecule has 2 fully saturated rings. The molecule has 2 rings (SSSR count). The van der Waals surface area contributed by atoms with E-state index in [0.29, 0.717) is 0 Å². The molecule has 2 N–H and O–H groups in total. The van der Waals surface area contributed by atoms with E-state index in [9.17, 15) is 0 Å². The molecule has 0 aromatic carbocycles. The fraction of sp³-hybridized carbons (Fsp3) is 1.00. The van der Waals surface area contributed by atoms with Gasteiger partial charge in [-0.2, -0.15) is 0 Å². The molecule has 94 valence electrons. The second-order valence-electron chi connectivity index (χ2n) is 5.79. The lowest BCUT2D eigenvalue weighted by Crippen LogP contribution is -2.46. The van der Waals surface area contributed by atoms with Gasteiger partial charge in [-0.3, -0.25) is 4.90 Å². The summed E-state index contributed by atoms with van der Waals surface area (Å²) < 4.78 is 0. The van der Waals surface area contributed by atoms with Gasteiger partial charge in [0.25, 0.3) is 0 Å². The summed E-state index contributed by atoms with van der Waals surface area (Å²) in [5, 5.41) is 0. The first-order chi connectivity index (χ1) is 7.85. The van der Waals surface area contributed by atoms with E-state index in [1.165, 1.54) is 58.0 Å². The van der Waals surface area contributed by atoms with E-state index < -0.39 is 0 Å². The third kappa shape index (κ3) is 3.21. The van der Waals surface area contributed by atoms with Crippen molar-refractivity contribution in [3.8, 4) is 0 Å². The van der Waals surface area contributed by atoms with Crippen molar-refractivity contribution >= 4 is 0 Å². The fourth-order valence-electron chi connectivity index (χ4n) is 3.26. The third-order valence-corrected chi connectivity index (χ3v) is 4.34. The predicted molar refractivity (Wildman–Crippen MR) is 69.4 cm³/mol. The molecule has 0 heterocycles. The van der Waals surface area contributed by atoms with Crippen LogP contribution in [0.1, 0.15) is 51.9 Å². The van der Waals surface area contributed by atoms with Crippen molar-refractivity contribution in [1.29, 1.82) is 0 Å². The molecule has 0 amide bonds. The SMILES string of the molecule is CCCN(CC1CC1)C1CCCCC1CN. The highest BCUT2D eigenvalue weighted by Gasteiger charge is 2.32. The molecule has 0 spiro atoms. The molecule has 2 aliphatic carbocycles. The second kappa shape index (κ2) is 6.02. The minimum atomic E-state index is 0.777. The van der Waals surface area contributed by atoms with Crippen LogP contribution in [0.5, 0.6) is 0 Å². The van der Waals surface area contributed by atoms with Crippen LogP contribution in [0.25, 0.3) is 0 Å². The molecule has 2 saturated carbocycles. The van der Waals surface area contributed by atoms with E-state index in [-0.39, 0.29) is 0 Å². The number of rotatable bonds is 6. The summed E-state index contributed by atoms with van der Waals surface area (Å²) >= 11 is 0. The molecule has 16 heavy (non-hydrogen) atoms. The van der Waals surface area contributed by atoms with Crippen molar-refractivity contribution in [3.05, 3.63) is 0 Å². The summed E-state index contributed by atoms with van der Waals surface area (Å²) in [7, 11) is 0. The Morgan fingerprint density at radius 1 is 1.12 bits per heavy atom. The van der Waals surface area contributed by atoms with Crippen LogP contribution in [0.4, 0.5) is 0 Å². The van der Waals surface area contributed by atoms with Gasteiger partial charge in [-0.15, -0.1) is 0 Å². The zero-order chi connectivity index (χ0) is 11.4. The highest BCUT2D eigenvalue weighted by molar-refractivity contribution is 4.87. The first-order valence-electron chi connectivity index (χ1n) is 7.29. The Balaban J connectivity index is 1.91. The molecule has 0 aromatic rings. The Hall–Kier alpha value is -0.0800. The van der Waals surface area contributed by atoms with Gasteiger partial charge in [0.05, 0.1) is 0 Å². The average molecular weight is 224 g/mol. The van der Waals surface area contributed by atoms with Crippen molar-refractivity contribution in [2.75, 3.05) is 19.6 Å². The third-order valence-electron chi connectivity index (χ3n) is 4.34. The van der Waals surface area contributed by atoms with Crippen LogP contribution >= 0.6 is 0 Å². The van der Waals surface area contributed by atoms with Crippen LogP contribution in [-0.2, 0) is 0 Å². The van der Waals surface area contributed by atoms with Gasteiger partial charge < -0.3 is 5.73 Å². The van der Waals surface area contributed by atoms with Crippen LogP contribution < -0.4 is 5.73 Å². The van der Waals surface area contributed by atoms with Crippen molar-refractivity contribution < 1.29 is 0 Å². The maximum absolute atomic E-state index is 5.95. The quantitative estimate of drug-likeness (QED) is 0.751. The summed E-state index contributed by atoms with van der Waals surface area (Å²) in [6.45, 7) is 5.85. The Morgan fingerprint density at radius 3 is 2.50 bits per heavy atom. The first kappa shape index (κ1) is 12.4. The standard InChI is InChI=1S/C14H28N2/c1-2-9-16(11-12-7-8-12)14-6-4-3-5-13(14)10-15/h12-14H,2-11,15H2,1H3. The van der Waals surface area contributed by atoms with Gasteiger partial charge in [-0.1, -0.05) is 19.8 Å². The zero-order valence-corrected chi connectivity index (χ0v) is 10.8. The Labute approximate surface area is 101 Å². The van der Waals surface area contributed by atoms with Crippen LogP contribution in [0.3, 0.4) is 0 Å². The smallest absolute Gasteiger partial charge is 0.0136 e. The van der Waals surface area contributed by atoms with Crippen molar-refractivity contribution in [3.63, 3.8) is 0 Å². The highest BCUT2D eigenvalue weighted by Crippen LogP contribution is 2.34. The van der Waals surface area contributed by atoms with Crippen LogP contribution in [0.15, 0.2) is 0 Å². The molecule has 0 saturated heterocycles. The first-order valence-corrected chi connectivity index (χ1v) is 7.29. The molecular formula is C14H28N2. The molecule has 2 nitrogen and oxygen atoms in total. The molecule has 0 aliphatic heterocycles. The van der Waals surface area contributed by atoms with Gasteiger partial charge in [0, 0.05) is 12.6 Å². The number of hydrogen-bond acceptors (Lipinski definition) is 2. The summed E-state index contributed by atoms with van der Waals surface area (Å²) in [5.41, 5.74) is 5.95. The number of nitrogens with two attached hydrogens (primary N) is 1. The lowest BCUT2D eigenvalue weighted by atomic mass is 9.83. The lowest BCUT2D eigenvalue weighted by molar-refractivity contribution is 0.102. The molecule has 2 unspecified atom stereocenters. The average Bonchev–Trinajstić information content (AvgIpc) is 3.12. The lowest BCUT2D eigenvalue weighted by Gasteiger charge is -2.39. The maximum Gasteiger partial charge on any atom is 0.0136 e. The van der Waals surface area contributed by atoms with E-state index in [0.717, 1.165) is 24.4 Å². The van der Waals surface area contributed by atoms with E-state index in [1.807, 2.05) is 0 Å². The fourth-order valence-corrected chi connectivity index (χ4v) is 3.26. The second-order valence-corrected chi connectivity index (χ2v) is 5.79. The molecule has 2 heteroatoms. The van der Waals surface area contributed by atoms with E-state index in [4.69, 9.17) is 5.73 Å². The molecule has 0 aromatic heterocycles. The van der Waals surface area contributed by atoms with Gasteiger partial charge >= 0.3 is 0 Å². The van der Waals surface area contributed by atoms with Gasteiger partial charge in [-0.25, -0.2) is 0 Å². The number of nitrogens with zero attached hydrogens (tertiary/aromatic N) is 1. The minimum absolute atomic E-state index is 0.777. The Morgan fingerprint density at radius 2 is 1.88 bits per heavy atom. The molecular weight excluding hydrogens is 196 g/mol. The Bertz CT molecular complexity index is 201. The molecule has 2 atom stereocenters. The van der Waals surface area contributed by atoms with Gasteiger partial charge in [0.15, 0.2) is 0 Å². The maximum atomic E-state index is 5.95. The van der Waals surface area contributed by atoms with E-state index in [2.05, 4.69) is 11.8 Å². The summed E-state index contributed by atoms with van der Waals surface area (Å²) in [5.74, 6) is 1.80. The topological polar surface area (TPSA) is 29.3 Å². The zero-order valence-electron chi connectivity index (χ0n) is 10.8. The molecule has 0 bridgehead atoms. The van der Waals surface area contributed by atoms with Gasteiger partial charge in [0.1, 0.15) is 0 Å². The van der Waals surface area contributed by atoms with Gasteiger partial charge in [-0.05, 0) is 57.0 Å². The Kier molecular flexibility index (Phi) is 4.66. The van der Waals surface area contributed by atoms with Crippen LogP contribution in [0.2, 0.25) is 0 Å². The normalized spacial score (nSPS) is 30.9. The summed E-state index contributed by atoms with van der Waals surface area (Å²) in [6, 6.07) is 0.805. The monoisotopic (exact) mass is 224 g/mol. The minimum Gasteiger partial charge on any atom is -0.330 e. The summed E-state index contributed by atoms with van der Waals surface area (Å²) in [6.07, 6.45) is 9.83. The molecule has 2 aliphatic rings. The highest BCUT2D eigenvalue weighted by atomic mass is 15.2.